The van der Waals surface area contributed by atoms with Gasteiger partial charge in [0.1, 0.15) is 5.82 Å². The second kappa shape index (κ2) is 3.73. The quantitative estimate of drug-likeness (QED) is 0.809. The molecular weight excluding hydrogens is 212 g/mol. The summed E-state index contributed by atoms with van der Waals surface area (Å²) in [5.74, 6) is 1.31. The lowest BCUT2D eigenvalue weighted by Gasteiger charge is -2.23. The Morgan fingerprint density at radius 3 is 2.82 bits per heavy atom. The van der Waals surface area contributed by atoms with Crippen molar-refractivity contribution in [3.8, 4) is 0 Å². The van der Waals surface area contributed by atoms with E-state index in [9.17, 15) is 0 Å². The average Bonchev–Trinajstić information content (AvgIpc) is 2.66. The zero-order chi connectivity index (χ0) is 11.8. The minimum Gasteiger partial charge on any atom is -0.382 e. The van der Waals surface area contributed by atoms with Gasteiger partial charge in [0, 0.05) is 11.7 Å². The van der Waals surface area contributed by atoms with E-state index in [1.165, 1.54) is 11.3 Å². The van der Waals surface area contributed by atoms with Crippen LogP contribution in [0.5, 0.6) is 0 Å². The van der Waals surface area contributed by atoms with Gasteiger partial charge in [-0.25, -0.2) is 9.97 Å². The van der Waals surface area contributed by atoms with E-state index in [-0.39, 0.29) is 0 Å². The monoisotopic (exact) mass is 226 g/mol. The fourth-order valence-electron chi connectivity index (χ4n) is 2.37. The summed E-state index contributed by atoms with van der Waals surface area (Å²) in [6, 6.07) is 8.82. The molecule has 0 spiro atoms. The minimum absolute atomic E-state index is 0.408. The molecule has 0 saturated heterocycles. The van der Waals surface area contributed by atoms with Gasteiger partial charge in [0.25, 0.3) is 0 Å². The smallest absolute Gasteiger partial charge is 0.151 e. The van der Waals surface area contributed by atoms with E-state index < -0.39 is 0 Å². The highest BCUT2D eigenvalue weighted by atomic mass is 15.2. The van der Waals surface area contributed by atoms with Crippen LogP contribution in [-0.4, -0.2) is 16.0 Å². The number of benzene rings is 1. The van der Waals surface area contributed by atoms with E-state index in [0.717, 1.165) is 12.2 Å². The van der Waals surface area contributed by atoms with Crippen molar-refractivity contribution >= 4 is 17.3 Å². The van der Waals surface area contributed by atoms with Gasteiger partial charge in [-0.1, -0.05) is 18.2 Å². The molecule has 2 heterocycles. The van der Waals surface area contributed by atoms with E-state index in [1.54, 1.807) is 12.4 Å². The maximum Gasteiger partial charge on any atom is 0.151 e. The van der Waals surface area contributed by atoms with Crippen LogP contribution in [-0.2, 0) is 6.42 Å². The molecule has 0 fully saturated rings. The predicted molar refractivity (Wildman–Crippen MR) is 68.2 cm³/mol. The van der Waals surface area contributed by atoms with Gasteiger partial charge in [0.15, 0.2) is 5.82 Å². The number of anilines is 3. The van der Waals surface area contributed by atoms with Crippen LogP contribution in [0.4, 0.5) is 17.3 Å². The van der Waals surface area contributed by atoms with E-state index in [0.29, 0.717) is 11.9 Å². The van der Waals surface area contributed by atoms with Gasteiger partial charge in [-0.15, -0.1) is 0 Å². The van der Waals surface area contributed by atoms with Crippen molar-refractivity contribution in [2.24, 2.45) is 0 Å². The Hall–Kier alpha value is -2.10. The zero-order valence-corrected chi connectivity index (χ0v) is 9.67. The molecule has 0 bridgehead atoms. The Kier molecular flexibility index (Phi) is 2.21. The molecular formula is C13H14N4. The third kappa shape index (κ3) is 1.62. The van der Waals surface area contributed by atoms with Crippen molar-refractivity contribution < 1.29 is 0 Å². The maximum atomic E-state index is 5.56. The number of nitrogens with two attached hydrogens (primary N) is 1. The van der Waals surface area contributed by atoms with Gasteiger partial charge in [-0.2, -0.15) is 0 Å². The Labute approximate surface area is 100 Å². The van der Waals surface area contributed by atoms with Gasteiger partial charge in [0.2, 0.25) is 0 Å². The van der Waals surface area contributed by atoms with Crippen molar-refractivity contribution in [3.63, 3.8) is 0 Å². The molecule has 2 aromatic rings. The first kappa shape index (κ1) is 10.1. The maximum absolute atomic E-state index is 5.56. The molecule has 4 heteroatoms. The van der Waals surface area contributed by atoms with Crippen molar-refractivity contribution in [2.45, 2.75) is 19.4 Å². The molecule has 1 atom stereocenters. The van der Waals surface area contributed by atoms with Gasteiger partial charge in [0.05, 0.1) is 12.4 Å². The lowest BCUT2D eigenvalue weighted by Crippen LogP contribution is -2.24. The van der Waals surface area contributed by atoms with Crippen LogP contribution in [0.25, 0.3) is 0 Å². The Bertz CT molecular complexity index is 535. The summed E-state index contributed by atoms with van der Waals surface area (Å²) in [5.41, 5.74) is 8.14. The van der Waals surface area contributed by atoms with E-state index in [4.69, 9.17) is 5.73 Å². The minimum atomic E-state index is 0.408. The van der Waals surface area contributed by atoms with Crippen LogP contribution in [0, 0.1) is 0 Å². The fraction of sp³-hybridized carbons (Fsp3) is 0.231. The summed E-state index contributed by atoms with van der Waals surface area (Å²) in [5, 5.41) is 0. The van der Waals surface area contributed by atoms with Crippen molar-refractivity contribution in [1.29, 1.82) is 0 Å². The van der Waals surface area contributed by atoms with Crippen molar-refractivity contribution in [1.82, 2.24) is 9.97 Å². The molecule has 2 N–H and O–H groups in total. The number of nitrogens with zero attached hydrogens (tertiary/aromatic N) is 3. The largest absolute Gasteiger partial charge is 0.382 e. The number of hydrogen-bond acceptors (Lipinski definition) is 4. The summed E-state index contributed by atoms with van der Waals surface area (Å²) in [6.45, 7) is 2.19. The van der Waals surface area contributed by atoms with Crippen LogP contribution in [0.1, 0.15) is 12.5 Å². The second-order valence-electron chi connectivity index (χ2n) is 4.35. The van der Waals surface area contributed by atoms with Crippen LogP contribution in [0.3, 0.4) is 0 Å². The number of rotatable bonds is 1. The zero-order valence-electron chi connectivity index (χ0n) is 9.67. The number of para-hydroxylation sites is 1. The van der Waals surface area contributed by atoms with Crippen LogP contribution < -0.4 is 10.6 Å². The SMILES string of the molecule is CC1Cc2ccccc2N1c1cnc(N)cn1. The standard InChI is InChI=1S/C13H14N4/c1-9-6-10-4-2-3-5-11(10)17(9)13-8-15-12(14)7-16-13/h2-5,7-9H,6H2,1H3,(H2,14,15). The van der Waals surface area contributed by atoms with Crippen molar-refractivity contribution in [2.75, 3.05) is 10.6 Å². The first-order chi connectivity index (χ1) is 8.25. The highest BCUT2D eigenvalue weighted by Gasteiger charge is 2.27. The van der Waals surface area contributed by atoms with Gasteiger partial charge < -0.3 is 10.6 Å². The molecule has 17 heavy (non-hydrogen) atoms. The summed E-state index contributed by atoms with van der Waals surface area (Å²) < 4.78 is 0. The van der Waals surface area contributed by atoms with E-state index >= 15 is 0 Å². The molecule has 1 aliphatic heterocycles. The molecule has 0 saturated carbocycles. The fourth-order valence-corrected chi connectivity index (χ4v) is 2.37. The van der Waals surface area contributed by atoms with Gasteiger partial charge in [-0.3, -0.25) is 0 Å². The first-order valence-electron chi connectivity index (χ1n) is 5.70. The molecule has 1 aliphatic rings. The lowest BCUT2D eigenvalue weighted by molar-refractivity contribution is 0.749. The summed E-state index contributed by atoms with van der Waals surface area (Å²) in [4.78, 5) is 10.7. The summed E-state index contributed by atoms with van der Waals surface area (Å²) in [7, 11) is 0. The highest BCUT2D eigenvalue weighted by molar-refractivity contribution is 5.68. The Morgan fingerprint density at radius 2 is 2.06 bits per heavy atom. The topological polar surface area (TPSA) is 55.0 Å². The van der Waals surface area contributed by atoms with Crippen molar-refractivity contribution in [3.05, 3.63) is 42.2 Å². The summed E-state index contributed by atoms with van der Waals surface area (Å²) in [6.07, 6.45) is 4.37. The number of nitrogen functional groups attached to an aromatic ring is 1. The molecule has 0 aliphatic carbocycles. The van der Waals surface area contributed by atoms with E-state index in [2.05, 4.69) is 46.1 Å². The average molecular weight is 226 g/mol. The number of fused-ring (bicyclic) bond motifs is 1. The first-order valence-corrected chi connectivity index (χ1v) is 5.70. The predicted octanol–water partition coefficient (Wildman–Crippen LogP) is 2.14. The molecule has 3 rings (SSSR count). The molecule has 0 radical (unpaired) electrons. The molecule has 1 aromatic heterocycles. The van der Waals surface area contributed by atoms with Gasteiger partial charge in [-0.05, 0) is 25.0 Å². The van der Waals surface area contributed by atoms with E-state index in [1.807, 2.05) is 0 Å². The van der Waals surface area contributed by atoms with Crippen LogP contribution in [0.15, 0.2) is 36.7 Å². The second-order valence-corrected chi connectivity index (χ2v) is 4.35. The normalized spacial score (nSPS) is 18.2. The molecule has 86 valence electrons. The van der Waals surface area contributed by atoms with Crippen LogP contribution in [0.2, 0.25) is 0 Å². The highest BCUT2D eigenvalue weighted by Crippen LogP contribution is 2.36. The van der Waals surface area contributed by atoms with Gasteiger partial charge >= 0.3 is 0 Å². The molecule has 1 aromatic carbocycles. The van der Waals surface area contributed by atoms with Crippen LogP contribution >= 0.6 is 0 Å². The third-order valence-electron chi connectivity index (χ3n) is 3.11. The Morgan fingerprint density at radius 1 is 1.24 bits per heavy atom. The third-order valence-corrected chi connectivity index (χ3v) is 3.11. The molecule has 4 nitrogen and oxygen atoms in total. The molecule has 1 unspecified atom stereocenters. The lowest BCUT2D eigenvalue weighted by atomic mass is 10.1. The number of hydrogen-bond donors (Lipinski definition) is 1. The Balaban J connectivity index is 2.06. The summed E-state index contributed by atoms with van der Waals surface area (Å²) >= 11 is 0. The number of aromatic nitrogens is 2. The molecule has 0 amide bonds.